The van der Waals surface area contributed by atoms with E-state index in [1.54, 1.807) is 36.9 Å². The molecule has 0 aliphatic carbocycles. The number of esters is 1. The monoisotopic (exact) mass is 514 g/mol. The topological polar surface area (TPSA) is 84.9 Å². The minimum absolute atomic E-state index is 0.156. The summed E-state index contributed by atoms with van der Waals surface area (Å²) in [5.41, 5.74) is 0.723. The zero-order chi connectivity index (χ0) is 24.5. The van der Waals surface area contributed by atoms with Gasteiger partial charge in [-0.3, -0.25) is 9.59 Å². The Morgan fingerprint density at radius 1 is 1.12 bits per heavy atom. The number of anilines is 1. The lowest BCUT2D eigenvalue weighted by Crippen LogP contribution is -2.30. The standard InChI is InChI=1S/C23H28Cl2N2O5S/c1-5-27(6-2)22(29)20-14(4)19(23(30)31-7-3)21(33-20)26-18(28)9-8-12-32-17-11-10-15(24)13-16(17)25/h10-11,13H,5-9,12H2,1-4H3,(H,26,28). The van der Waals surface area contributed by atoms with Crippen LogP contribution in [0.2, 0.25) is 10.0 Å². The van der Waals surface area contributed by atoms with E-state index in [-0.39, 0.29) is 37.0 Å². The van der Waals surface area contributed by atoms with Crippen molar-refractivity contribution in [2.45, 2.75) is 40.5 Å². The number of halogens is 2. The van der Waals surface area contributed by atoms with Gasteiger partial charge >= 0.3 is 5.97 Å². The molecule has 7 nitrogen and oxygen atoms in total. The van der Waals surface area contributed by atoms with Crippen LogP contribution in [-0.4, -0.2) is 49.0 Å². The van der Waals surface area contributed by atoms with Gasteiger partial charge in [0.05, 0.1) is 28.7 Å². The predicted molar refractivity (Wildman–Crippen MR) is 132 cm³/mol. The number of carbonyl (C=O) groups excluding carboxylic acids is 3. The molecular weight excluding hydrogens is 487 g/mol. The van der Waals surface area contributed by atoms with Gasteiger partial charge in [0.2, 0.25) is 5.91 Å². The molecule has 1 N–H and O–H groups in total. The summed E-state index contributed by atoms with van der Waals surface area (Å²) in [6.45, 7) is 8.71. The van der Waals surface area contributed by atoms with Crippen molar-refractivity contribution in [3.05, 3.63) is 44.2 Å². The smallest absolute Gasteiger partial charge is 0.341 e. The summed E-state index contributed by atoms with van der Waals surface area (Å²) in [7, 11) is 0. The van der Waals surface area contributed by atoms with Crippen LogP contribution in [0.15, 0.2) is 18.2 Å². The number of nitrogens with zero attached hydrogens (tertiary/aromatic N) is 1. The lowest BCUT2D eigenvalue weighted by atomic mass is 10.1. The van der Waals surface area contributed by atoms with E-state index in [1.807, 2.05) is 13.8 Å². The fourth-order valence-electron chi connectivity index (χ4n) is 3.11. The summed E-state index contributed by atoms with van der Waals surface area (Å²) >= 11 is 13.0. The lowest BCUT2D eigenvalue weighted by Gasteiger charge is -2.18. The number of thiophene rings is 1. The highest BCUT2D eigenvalue weighted by atomic mass is 35.5. The van der Waals surface area contributed by atoms with Crippen LogP contribution in [0.1, 0.15) is 59.2 Å². The van der Waals surface area contributed by atoms with Crippen LogP contribution < -0.4 is 10.1 Å². The van der Waals surface area contributed by atoms with Crippen molar-refractivity contribution in [1.82, 2.24) is 4.90 Å². The van der Waals surface area contributed by atoms with Crippen molar-refractivity contribution in [1.29, 1.82) is 0 Å². The molecule has 0 saturated heterocycles. The second kappa shape index (κ2) is 12.8. The summed E-state index contributed by atoms with van der Waals surface area (Å²) in [5.74, 6) is -0.559. The van der Waals surface area contributed by atoms with E-state index < -0.39 is 5.97 Å². The maximum absolute atomic E-state index is 12.9. The molecule has 1 heterocycles. The molecule has 2 rings (SSSR count). The van der Waals surface area contributed by atoms with Gasteiger partial charge in [0, 0.05) is 24.5 Å². The molecule has 0 fully saturated rings. The van der Waals surface area contributed by atoms with E-state index in [4.69, 9.17) is 32.7 Å². The SMILES string of the molecule is CCOC(=O)c1c(NC(=O)CCCOc2ccc(Cl)cc2Cl)sc(C(=O)N(CC)CC)c1C. The summed E-state index contributed by atoms with van der Waals surface area (Å²) in [4.78, 5) is 40.1. The van der Waals surface area contributed by atoms with Crippen LogP contribution >= 0.6 is 34.5 Å². The molecule has 0 aliphatic rings. The molecule has 10 heteroatoms. The summed E-state index contributed by atoms with van der Waals surface area (Å²) < 4.78 is 10.8. The molecule has 1 aromatic heterocycles. The average Bonchev–Trinajstić information content (AvgIpc) is 3.09. The average molecular weight is 515 g/mol. The number of ether oxygens (including phenoxy) is 2. The number of rotatable bonds is 11. The first kappa shape index (κ1) is 27.0. The van der Waals surface area contributed by atoms with E-state index in [2.05, 4.69) is 5.32 Å². The number of nitrogens with one attached hydrogen (secondary N) is 1. The second-order valence-electron chi connectivity index (χ2n) is 7.03. The number of amides is 2. The summed E-state index contributed by atoms with van der Waals surface area (Å²) in [6, 6.07) is 4.92. The first-order valence-corrected chi connectivity index (χ1v) is 12.3. The molecule has 2 amide bonds. The third kappa shape index (κ3) is 7.09. The highest BCUT2D eigenvalue weighted by Crippen LogP contribution is 2.35. The van der Waals surface area contributed by atoms with Crippen LogP contribution in [0, 0.1) is 6.92 Å². The van der Waals surface area contributed by atoms with Crippen molar-refractivity contribution in [2.24, 2.45) is 0 Å². The number of hydrogen-bond acceptors (Lipinski definition) is 6. The third-order valence-electron chi connectivity index (χ3n) is 4.82. The molecule has 0 spiro atoms. The molecule has 180 valence electrons. The highest BCUT2D eigenvalue weighted by Gasteiger charge is 2.28. The Labute approximate surface area is 208 Å². The van der Waals surface area contributed by atoms with E-state index in [1.165, 1.54) is 0 Å². The number of benzene rings is 1. The Balaban J connectivity index is 2.09. The van der Waals surface area contributed by atoms with E-state index in [0.717, 1.165) is 11.3 Å². The van der Waals surface area contributed by atoms with Crippen LogP contribution in [0.5, 0.6) is 5.75 Å². The zero-order valence-electron chi connectivity index (χ0n) is 19.1. The van der Waals surface area contributed by atoms with Gasteiger partial charge in [-0.15, -0.1) is 11.3 Å². The maximum atomic E-state index is 12.9. The van der Waals surface area contributed by atoms with Gasteiger partial charge in [0.1, 0.15) is 10.8 Å². The normalized spacial score (nSPS) is 10.6. The van der Waals surface area contributed by atoms with Crippen molar-refractivity contribution in [3.63, 3.8) is 0 Å². The molecule has 0 aliphatic heterocycles. The Kier molecular flexibility index (Phi) is 10.5. The predicted octanol–water partition coefficient (Wildman–Crippen LogP) is 5.82. The van der Waals surface area contributed by atoms with Gasteiger partial charge in [-0.25, -0.2) is 4.79 Å². The molecule has 0 atom stereocenters. The highest BCUT2D eigenvalue weighted by molar-refractivity contribution is 7.18. The van der Waals surface area contributed by atoms with E-state index >= 15 is 0 Å². The fourth-order valence-corrected chi connectivity index (χ4v) is 4.75. The van der Waals surface area contributed by atoms with Gasteiger partial charge < -0.3 is 19.7 Å². The van der Waals surface area contributed by atoms with Crippen LogP contribution in [-0.2, 0) is 9.53 Å². The van der Waals surface area contributed by atoms with Crippen molar-refractivity contribution < 1.29 is 23.9 Å². The van der Waals surface area contributed by atoms with E-state index in [9.17, 15) is 14.4 Å². The van der Waals surface area contributed by atoms with Gasteiger partial charge in [-0.2, -0.15) is 0 Å². The Morgan fingerprint density at radius 3 is 2.42 bits per heavy atom. The van der Waals surface area contributed by atoms with Crippen molar-refractivity contribution in [2.75, 3.05) is 31.6 Å². The van der Waals surface area contributed by atoms with Gasteiger partial charge in [0.25, 0.3) is 5.91 Å². The minimum atomic E-state index is -0.569. The molecule has 1 aromatic carbocycles. The summed E-state index contributed by atoms with van der Waals surface area (Å²) in [5, 5.41) is 3.98. The molecule has 0 unspecified atom stereocenters. The minimum Gasteiger partial charge on any atom is -0.492 e. The molecule has 2 aromatic rings. The van der Waals surface area contributed by atoms with Gasteiger partial charge in [-0.1, -0.05) is 23.2 Å². The summed E-state index contributed by atoms with van der Waals surface area (Å²) in [6.07, 6.45) is 0.582. The van der Waals surface area contributed by atoms with Crippen LogP contribution in [0.3, 0.4) is 0 Å². The molecule has 0 bridgehead atoms. The number of carbonyl (C=O) groups is 3. The van der Waals surface area contributed by atoms with Crippen molar-refractivity contribution >= 4 is 57.3 Å². The molecule has 33 heavy (non-hydrogen) atoms. The molecule has 0 saturated carbocycles. The van der Waals surface area contributed by atoms with Crippen LogP contribution in [0.4, 0.5) is 5.00 Å². The third-order valence-corrected chi connectivity index (χ3v) is 6.55. The first-order chi connectivity index (χ1) is 15.7. The quantitative estimate of drug-likeness (QED) is 0.301. The molecular formula is C23H28Cl2N2O5S. The second-order valence-corrected chi connectivity index (χ2v) is 8.90. The van der Waals surface area contributed by atoms with Gasteiger partial charge in [0.15, 0.2) is 0 Å². The van der Waals surface area contributed by atoms with E-state index in [0.29, 0.717) is 50.7 Å². The zero-order valence-corrected chi connectivity index (χ0v) is 21.5. The largest absolute Gasteiger partial charge is 0.492 e. The Bertz CT molecular complexity index is 1000. The number of hydrogen-bond donors (Lipinski definition) is 1. The van der Waals surface area contributed by atoms with Crippen LogP contribution in [0.25, 0.3) is 0 Å². The van der Waals surface area contributed by atoms with Crippen molar-refractivity contribution in [3.8, 4) is 5.75 Å². The van der Waals surface area contributed by atoms with Gasteiger partial charge in [-0.05, 0) is 57.9 Å². The molecule has 0 radical (unpaired) electrons. The first-order valence-electron chi connectivity index (χ1n) is 10.7. The maximum Gasteiger partial charge on any atom is 0.341 e. The lowest BCUT2D eigenvalue weighted by molar-refractivity contribution is -0.116. The Hall–Kier alpha value is -2.29. The fraction of sp³-hybridized carbons (Fsp3) is 0.435. The Morgan fingerprint density at radius 2 is 1.82 bits per heavy atom.